The Bertz CT molecular complexity index is 633. The van der Waals surface area contributed by atoms with Crippen LogP contribution in [-0.2, 0) is 13.1 Å². The highest BCUT2D eigenvalue weighted by Gasteiger charge is 2.02. The molecule has 2 aromatic rings. The second-order valence-corrected chi connectivity index (χ2v) is 5.03. The van der Waals surface area contributed by atoms with Crippen LogP contribution in [0.3, 0.4) is 0 Å². The number of halogens is 2. The predicted octanol–water partition coefficient (Wildman–Crippen LogP) is 2.49. The molecule has 0 saturated heterocycles. The van der Waals surface area contributed by atoms with Gasteiger partial charge in [-0.3, -0.25) is 4.68 Å². The van der Waals surface area contributed by atoms with Crippen LogP contribution in [0.25, 0.3) is 0 Å². The molecule has 0 spiro atoms. The first kappa shape index (κ1) is 20.2. The van der Waals surface area contributed by atoms with Gasteiger partial charge in [-0.2, -0.15) is 5.10 Å². The molecule has 0 aliphatic rings. The highest BCUT2D eigenvalue weighted by atomic mass is 127. The van der Waals surface area contributed by atoms with Crippen LogP contribution in [0.4, 0.5) is 4.39 Å². The third kappa shape index (κ3) is 6.73. The van der Waals surface area contributed by atoms with Crippen molar-refractivity contribution in [2.75, 3.05) is 13.1 Å². The Kier molecular flexibility index (Phi) is 9.13. The molecule has 0 atom stereocenters. The number of aromatic hydroxyl groups is 1. The number of aryl methyl sites for hydroxylation is 1. The molecule has 1 aromatic carbocycles. The number of guanidine groups is 1. The normalized spacial score (nSPS) is 11.0. The summed E-state index contributed by atoms with van der Waals surface area (Å²) in [5.74, 6) is -0.294. The molecular formula is C16H23FIN5O. The molecule has 0 fully saturated rings. The SMILES string of the molecule is CCNC(=NCc1ccc(O)c(F)c1)NCCCn1cccn1.I. The van der Waals surface area contributed by atoms with Crippen LogP contribution in [0.15, 0.2) is 41.7 Å². The number of aliphatic imine (C=N–C) groups is 1. The summed E-state index contributed by atoms with van der Waals surface area (Å²) < 4.78 is 15.2. The minimum absolute atomic E-state index is 0. The summed E-state index contributed by atoms with van der Waals surface area (Å²) >= 11 is 0. The molecular weight excluding hydrogens is 424 g/mol. The number of phenolic OH excluding ortho intramolecular Hbond substituents is 1. The Balaban J connectivity index is 0.00000288. The summed E-state index contributed by atoms with van der Waals surface area (Å²) in [7, 11) is 0. The van der Waals surface area contributed by atoms with Crippen LogP contribution in [0.1, 0.15) is 18.9 Å². The van der Waals surface area contributed by atoms with Crippen LogP contribution in [-0.4, -0.2) is 33.9 Å². The fourth-order valence-electron chi connectivity index (χ4n) is 2.04. The maximum Gasteiger partial charge on any atom is 0.191 e. The van der Waals surface area contributed by atoms with E-state index >= 15 is 0 Å². The first-order valence-electron chi connectivity index (χ1n) is 7.66. The lowest BCUT2D eigenvalue weighted by atomic mass is 10.2. The largest absolute Gasteiger partial charge is 0.505 e. The fourth-order valence-corrected chi connectivity index (χ4v) is 2.04. The number of nitrogens with one attached hydrogen (secondary N) is 2. The van der Waals surface area contributed by atoms with Crippen LogP contribution >= 0.6 is 24.0 Å². The number of aromatic nitrogens is 2. The lowest BCUT2D eigenvalue weighted by Gasteiger charge is -2.11. The van der Waals surface area contributed by atoms with E-state index in [1.54, 1.807) is 12.3 Å². The number of rotatable bonds is 7. The summed E-state index contributed by atoms with van der Waals surface area (Å²) in [6.45, 7) is 4.67. The Hall–Kier alpha value is -1.84. The van der Waals surface area contributed by atoms with Crippen LogP contribution in [0.5, 0.6) is 5.75 Å². The third-order valence-corrected chi connectivity index (χ3v) is 3.19. The standard InChI is InChI=1S/C16H22FN5O.HI/c1-2-18-16(19-7-3-9-22-10-4-8-21-22)20-12-13-5-6-15(23)14(17)11-13;/h4-6,8,10-11,23H,2-3,7,9,12H2,1H3,(H2,18,19,20);1H. The highest BCUT2D eigenvalue weighted by Crippen LogP contribution is 2.16. The molecule has 3 N–H and O–H groups in total. The molecule has 24 heavy (non-hydrogen) atoms. The number of phenols is 1. The van der Waals surface area contributed by atoms with E-state index in [1.165, 1.54) is 12.1 Å². The molecule has 6 nitrogen and oxygen atoms in total. The summed E-state index contributed by atoms with van der Waals surface area (Å²) in [6, 6.07) is 6.18. The molecule has 0 saturated carbocycles. The number of benzene rings is 1. The summed E-state index contributed by atoms with van der Waals surface area (Å²) in [6.07, 6.45) is 4.61. The summed E-state index contributed by atoms with van der Waals surface area (Å²) in [4.78, 5) is 4.41. The predicted molar refractivity (Wildman–Crippen MR) is 103 cm³/mol. The van der Waals surface area contributed by atoms with Gasteiger partial charge in [-0.1, -0.05) is 6.07 Å². The Morgan fingerprint density at radius 3 is 2.88 bits per heavy atom. The van der Waals surface area contributed by atoms with E-state index in [9.17, 15) is 9.50 Å². The average Bonchev–Trinajstić information content (AvgIpc) is 3.05. The van der Waals surface area contributed by atoms with Crippen molar-refractivity contribution < 1.29 is 9.50 Å². The number of hydrogen-bond acceptors (Lipinski definition) is 3. The quantitative estimate of drug-likeness (QED) is 0.264. The average molecular weight is 447 g/mol. The van der Waals surface area contributed by atoms with E-state index in [0.717, 1.165) is 26.1 Å². The van der Waals surface area contributed by atoms with Gasteiger partial charge in [-0.05, 0) is 37.1 Å². The molecule has 2 rings (SSSR count). The number of nitrogens with zero attached hydrogens (tertiary/aromatic N) is 3. The molecule has 8 heteroatoms. The van der Waals surface area contributed by atoms with Crippen LogP contribution < -0.4 is 10.6 Å². The van der Waals surface area contributed by atoms with Gasteiger partial charge in [0.25, 0.3) is 0 Å². The van der Waals surface area contributed by atoms with Gasteiger partial charge >= 0.3 is 0 Å². The molecule has 1 aromatic heterocycles. The zero-order valence-electron chi connectivity index (χ0n) is 13.6. The Morgan fingerprint density at radius 2 is 2.21 bits per heavy atom. The van der Waals surface area contributed by atoms with E-state index in [2.05, 4.69) is 20.7 Å². The van der Waals surface area contributed by atoms with E-state index < -0.39 is 5.82 Å². The van der Waals surface area contributed by atoms with E-state index in [0.29, 0.717) is 18.1 Å². The van der Waals surface area contributed by atoms with Gasteiger partial charge in [0.05, 0.1) is 6.54 Å². The van der Waals surface area contributed by atoms with Crippen molar-refractivity contribution in [1.29, 1.82) is 0 Å². The fraction of sp³-hybridized carbons (Fsp3) is 0.375. The second kappa shape index (κ2) is 10.8. The van der Waals surface area contributed by atoms with Crippen LogP contribution in [0, 0.1) is 5.82 Å². The molecule has 0 unspecified atom stereocenters. The van der Waals surface area contributed by atoms with Gasteiger partial charge in [-0.15, -0.1) is 24.0 Å². The Morgan fingerprint density at radius 1 is 1.38 bits per heavy atom. The summed E-state index contributed by atoms with van der Waals surface area (Å²) in [5, 5.41) is 19.7. The maximum absolute atomic E-state index is 13.3. The molecule has 0 bridgehead atoms. The molecule has 1 heterocycles. The smallest absolute Gasteiger partial charge is 0.191 e. The lowest BCUT2D eigenvalue weighted by Crippen LogP contribution is -2.38. The van der Waals surface area contributed by atoms with Gasteiger partial charge in [0, 0.05) is 32.0 Å². The second-order valence-electron chi connectivity index (χ2n) is 5.03. The van der Waals surface area contributed by atoms with Crippen molar-refractivity contribution in [3.63, 3.8) is 0 Å². The van der Waals surface area contributed by atoms with E-state index in [4.69, 9.17) is 0 Å². The first-order valence-corrected chi connectivity index (χ1v) is 7.66. The first-order chi connectivity index (χ1) is 11.2. The van der Waals surface area contributed by atoms with Gasteiger partial charge in [0.2, 0.25) is 0 Å². The van der Waals surface area contributed by atoms with Gasteiger partial charge in [0.1, 0.15) is 0 Å². The molecule has 0 aliphatic heterocycles. The molecule has 132 valence electrons. The van der Waals surface area contributed by atoms with Crippen LogP contribution in [0.2, 0.25) is 0 Å². The van der Waals surface area contributed by atoms with Gasteiger partial charge in [0.15, 0.2) is 17.5 Å². The van der Waals surface area contributed by atoms with Crippen molar-refractivity contribution in [3.8, 4) is 5.75 Å². The van der Waals surface area contributed by atoms with Crippen molar-refractivity contribution in [2.45, 2.75) is 26.4 Å². The topological polar surface area (TPSA) is 74.5 Å². The number of hydrogen-bond donors (Lipinski definition) is 3. The van der Waals surface area contributed by atoms with Crippen molar-refractivity contribution in [3.05, 3.63) is 48.0 Å². The summed E-state index contributed by atoms with van der Waals surface area (Å²) in [5.41, 5.74) is 0.703. The van der Waals surface area contributed by atoms with Gasteiger partial charge in [-0.25, -0.2) is 9.38 Å². The van der Waals surface area contributed by atoms with Gasteiger partial charge < -0.3 is 15.7 Å². The van der Waals surface area contributed by atoms with E-state index in [-0.39, 0.29) is 29.7 Å². The highest BCUT2D eigenvalue weighted by molar-refractivity contribution is 14.0. The molecule has 0 aliphatic carbocycles. The molecule has 0 radical (unpaired) electrons. The van der Waals surface area contributed by atoms with E-state index in [1.807, 2.05) is 23.9 Å². The maximum atomic E-state index is 13.3. The minimum Gasteiger partial charge on any atom is -0.505 e. The minimum atomic E-state index is -0.630. The van der Waals surface area contributed by atoms with Crippen molar-refractivity contribution >= 4 is 29.9 Å². The van der Waals surface area contributed by atoms with Crippen molar-refractivity contribution in [1.82, 2.24) is 20.4 Å². The monoisotopic (exact) mass is 447 g/mol. The zero-order chi connectivity index (χ0) is 16.5. The third-order valence-electron chi connectivity index (χ3n) is 3.19. The molecule has 0 amide bonds. The zero-order valence-corrected chi connectivity index (χ0v) is 15.9. The van der Waals surface area contributed by atoms with Crippen molar-refractivity contribution in [2.24, 2.45) is 4.99 Å². The lowest BCUT2D eigenvalue weighted by molar-refractivity contribution is 0.432. The Labute approximate surface area is 158 Å².